The van der Waals surface area contributed by atoms with E-state index in [1.54, 1.807) is 11.3 Å². The fourth-order valence-electron chi connectivity index (χ4n) is 4.94. The number of ether oxygens (including phenoxy) is 1. The molecule has 2 aliphatic rings. The van der Waals surface area contributed by atoms with E-state index in [0.29, 0.717) is 34.0 Å². The number of thiocarbonyl (C=S) groups is 1. The monoisotopic (exact) mass is 408 g/mol. The molecule has 1 aromatic rings. The Morgan fingerprint density at radius 2 is 2.00 bits per heavy atom. The van der Waals surface area contributed by atoms with E-state index in [-0.39, 0.29) is 5.97 Å². The lowest BCUT2D eigenvalue weighted by molar-refractivity contribution is 0.0601. The van der Waals surface area contributed by atoms with Crippen molar-refractivity contribution in [1.29, 1.82) is 0 Å². The summed E-state index contributed by atoms with van der Waals surface area (Å²) in [7, 11) is 1.45. The zero-order valence-corrected chi connectivity index (χ0v) is 18.7. The van der Waals surface area contributed by atoms with E-state index in [1.165, 1.54) is 18.4 Å². The molecule has 0 aromatic carbocycles. The largest absolute Gasteiger partial charge is 0.465 e. The predicted octanol–water partition coefficient (Wildman–Crippen LogP) is 5.16. The Balaban J connectivity index is 1.75. The summed E-state index contributed by atoms with van der Waals surface area (Å²) in [5.74, 6) is 1.08. The van der Waals surface area contributed by atoms with Gasteiger partial charge < -0.3 is 15.4 Å². The van der Waals surface area contributed by atoms with Crippen LogP contribution in [0.5, 0.6) is 0 Å². The minimum Gasteiger partial charge on any atom is -0.465 e. The maximum Gasteiger partial charge on any atom is 0.341 e. The van der Waals surface area contributed by atoms with E-state index in [2.05, 4.69) is 38.3 Å². The molecule has 0 saturated heterocycles. The van der Waals surface area contributed by atoms with Crippen LogP contribution in [0.15, 0.2) is 0 Å². The van der Waals surface area contributed by atoms with Gasteiger partial charge in [-0.15, -0.1) is 11.3 Å². The first-order chi connectivity index (χ1) is 12.7. The van der Waals surface area contributed by atoms with Crippen LogP contribution in [-0.2, 0) is 17.6 Å². The molecule has 3 unspecified atom stereocenters. The van der Waals surface area contributed by atoms with Crippen LogP contribution >= 0.6 is 23.6 Å². The number of rotatable bonds is 3. The van der Waals surface area contributed by atoms with Crippen LogP contribution in [0.3, 0.4) is 0 Å². The van der Waals surface area contributed by atoms with E-state index < -0.39 is 0 Å². The summed E-state index contributed by atoms with van der Waals surface area (Å²) in [5.41, 5.74) is 2.17. The molecule has 150 valence electrons. The molecule has 3 atom stereocenters. The van der Waals surface area contributed by atoms with Gasteiger partial charge in [-0.25, -0.2) is 4.79 Å². The zero-order chi connectivity index (χ0) is 19.8. The number of methoxy groups -OCH3 is 1. The van der Waals surface area contributed by atoms with Crippen LogP contribution in [0.1, 0.15) is 74.2 Å². The second kappa shape index (κ2) is 8.08. The van der Waals surface area contributed by atoms with Gasteiger partial charge in [0.25, 0.3) is 0 Å². The number of anilines is 1. The molecule has 4 nitrogen and oxygen atoms in total. The molecule has 0 amide bonds. The van der Waals surface area contributed by atoms with Crippen LogP contribution in [0.25, 0.3) is 0 Å². The fraction of sp³-hybridized carbons (Fsp3) is 0.714. The molecule has 2 aliphatic carbocycles. The minimum atomic E-state index is -0.264. The van der Waals surface area contributed by atoms with Crippen molar-refractivity contribution in [3.8, 4) is 0 Å². The average Bonchev–Trinajstić information content (AvgIpc) is 2.88. The van der Waals surface area contributed by atoms with Crippen molar-refractivity contribution in [3.05, 3.63) is 16.0 Å². The average molecular weight is 409 g/mol. The molecule has 3 rings (SSSR count). The van der Waals surface area contributed by atoms with Gasteiger partial charge in [-0.1, -0.05) is 27.7 Å². The SMILES string of the molecule is COC(=O)c1c(NC(=S)NC2CC(C)CC(C)(C)C2)sc2c1CCC(C)C2. The summed E-state index contributed by atoms with van der Waals surface area (Å²) < 4.78 is 5.07. The smallest absolute Gasteiger partial charge is 0.341 e. The minimum absolute atomic E-state index is 0.264. The molecule has 0 spiro atoms. The van der Waals surface area contributed by atoms with Crippen molar-refractivity contribution < 1.29 is 9.53 Å². The molecule has 6 heteroatoms. The Morgan fingerprint density at radius 1 is 1.26 bits per heavy atom. The summed E-state index contributed by atoms with van der Waals surface area (Å²) in [6.07, 6.45) is 6.58. The molecule has 1 saturated carbocycles. The Bertz CT molecular complexity index is 726. The second-order valence-corrected chi connectivity index (χ2v) is 10.8. The fourth-order valence-corrected chi connectivity index (χ4v) is 6.67. The lowest BCUT2D eigenvalue weighted by Gasteiger charge is -2.39. The van der Waals surface area contributed by atoms with Gasteiger partial charge in [0.05, 0.1) is 12.7 Å². The molecule has 27 heavy (non-hydrogen) atoms. The third-order valence-corrected chi connectivity index (χ3v) is 7.24. The van der Waals surface area contributed by atoms with Crippen molar-refractivity contribution in [3.63, 3.8) is 0 Å². The lowest BCUT2D eigenvalue weighted by atomic mass is 9.71. The van der Waals surface area contributed by atoms with Crippen LogP contribution in [0, 0.1) is 17.3 Å². The number of nitrogens with one attached hydrogen (secondary N) is 2. The van der Waals surface area contributed by atoms with Crippen molar-refractivity contribution in [2.45, 2.75) is 72.3 Å². The molecule has 0 aliphatic heterocycles. The van der Waals surface area contributed by atoms with Gasteiger partial charge >= 0.3 is 5.97 Å². The van der Waals surface area contributed by atoms with Gasteiger partial charge in [0.15, 0.2) is 5.11 Å². The summed E-state index contributed by atoms with van der Waals surface area (Å²) in [6.45, 7) is 9.25. The molecule has 1 aromatic heterocycles. The zero-order valence-electron chi connectivity index (χ0n) is 17.1. The van der Waals surface area contributed by atoms with Crippen molar-refractivity contribution in [2.75, 3.05) is 12.4 Å². The molecule has 1 heterocycles. The first-order valence-corrected chi connectivity index (χ1v) is 11.2. The number of fused-ring (bicyclic) bond motifs is 1. The maximum atomic E-state index is 12.4. The summed E-state index contributed by atoms with van der Waals surface area (Å²) in [6, 6.07) is 0.375. The van der Waals surface area contributed by atoms with E-state index in [4.69, 9.17) is 17.0 Å². The molecule has 1 fully saturated rings. The Morgan fingerprint density at radius 3 is 2.67 bits per heavy atom. The highest BCUT2D eigenvalue weighted by molar-refractivity contribution is 7.80. The van der Waals surface area contributed by atoms with E-state index in [1.807, 2.05) is 0 Å². The number of hydrogen-bond donors (Lipinski definition) is 2. The molecular formula is C21H32N2O2S2. The predicted molar refractivity (Wildman–Crippen MR) is 117 cm³/mol. The van der Waals surface area contributed by atoms with Gasteiger partial charge in [0.2, 0.25) is 0 Å². The summed E-state index contributed by atoms with van der Waals surface area (Å²) >= 11 is 7.27. The van der Waals surface area contributed by atoms with Gasteiger partial charge in [-0.3, -0.25) is 0 Å². The van der Waals surface area contributed by atoms with Crippen LogP contribution < -0.4 is 10.6 Å². The van der Waals surface area contributed by atoms with E-state index in [0.717, 1.165) is 42.7 Å². The molecule has 0 radical (unpaired) electrons. The number of carbonyl (C=O) groups excluding carboxylic acids is 1. The van der Waals surface area contributed by atoms with Crippen molar-refractivity contribution in [1.82, 2.24) is 5.32 Å². The number of hydrogen-bond acceptors (Lipinski definition) is 4. The van der Waals surface area contributed by atoms with Crippen molar-refractivity contribution in [2.24, 2.45) is 17.3 Å². The molecule has 2 N–H and O–H groups in total. The maximum absolute atomic E-state index is 12.4. The van der Waals surface area contributed by atoms with Gasteiger partial charge in [-0.2, -0.15) is 0 Å². The first-order valence-electron chi connectivity index (χ1n) is 9.99. The van der Waals surface area contributed by atoms with E-state index >= 15 is 0 Å². The quantitative estimate of drug-likeness (QED) is 0.534. The first kappa shape index (κ1) is 20.6. The summed E-state index contributed by atoms with van der Waals surface area (Å²) in [5, 5.41) is 8.27. The molecule has 0 bridgehead atoms. The van der Waals surface area contributed by atoms with Gasteiger partial charge in [-0.05, 0) is 73.6 Å². The Labute approximate surface area is 172 Å². The molecular weight excluding hydrogens is 376 g/mol. The standard InChI is InChI=1S/C21H32N2O2S2/c1-12-6-7-15-16(9-12)27-18(17(15)19(24)25-5)23-20(26)22-14-8-13(2)10-21(3,4)11-14/h12-14H,6-11H2,1-5H3,(H2,22,23,26). The Hall–Kier alpha value is -1.14. The van der Waals surface area contributed by atoms with Gasteiger partial charge in [0, 0.05) is 10.9 Å². The van der Waals surface area contributed by atoms with E-state index in [9.17, 15) is 4.79 Å². The Kier molecular flexibility index (Phi) is 6.16. The normalized spacial score (nSPS) is 26.8. The van der Waals surface area contributed by atoms with Crippen molar-refractivity contribution >= 4 is 39.6 Å². The van der Waals surface area contributed by atoms with Crippen LogP contribution in [0.4, 0.5) is 5.00 Å². The number of thiophene rings is 1. The van der Waals surface area contributed by atoms with Gasteiger partial charge in [0.1, 0.15) is 5.00 Å². The number of carbonyl (C=O) groups is 1. The lowest BCUT2D eigenvalue weighted by Crippen LogP contribution is -2.44. The number of esters is 1. The topological polar surface area (TPSA) is 50.4 Å². The second-order valence-electron chi connectivity index (χ2n) is 9.26. The summed E-state index contributed by atoms with van der Waals surface area (Å²) in [4.78, 5) is 13.7. The highest BCUT2D eigenvalue weighted by atomic mass is 32.1. The third-order valence-electron chi connectivity index (χ3n) is 5.85. The third kappa shape index (κ3) is 4.83. The van der Waals surface area contributed by atoms with Crippen LogP contribution in [-0.4, -0.2) is 24.2 Å². The van der Waals surface area contributed by atoms with Crippen LogP contribution in [0.2, 0.25) is 0 Å². The highest BCUT2D eigenvalue weighted by Crippen LogP contribution is 2.41. The highest BCUT2D eigenvalue weighted by Gasteiger charge is 2.33.